The van der Waals surface area contributed by atoms with Crippen molar-refractivity contribution in [3.8, 4) is 0 Å². The maximum absolute atomic E-state index is 5.92. The lowest BCUT2D eigenvalue weighted by atomic mass is 9.74. The second kappa shape index (κ2) is 5.76. The van der Waals surface area contributed by atoms with Crippen LogP contribution in [0, 0.1) is 5.92 Å². The quantitative estimate of drug-likeness (QED) is 0.889. The number of hydrogen-bond acceptors (Lipinski definition) is 4. The largest absolute Gasteiger partial charge is 0.376 e. The number of ether oxygens (including phenoxy) is 1. The molecule has 4 nitrogen and oxygen atoms in total. The van der Waals surface area contributed by atoms with Crippen molar-refractivity contribution in [1.82, 2.24) is 15.3 Å². The van der Waals surface area contributed by atoms with E-state index in [1.54, 1.807) is 6.33 Å². The van der Waals surface area contributed by atoms with Gasteiger partial charge in [-0.05, 0) is 38.6 Å². The molecule has 18 heavy (non-hydrogen) atoms. The minimum Gasteiger partial charge on any atom is -0.376 e. The molecule has 4 heteroatoms. The smallest absolute Gasteiger partial charge is 0.115 e. The molecule has 1 aromatic heterocycles. The van der Waals surface area contributed by atoms with Gasteiger partial charge in [0.25, 0.3) is 0 Å². The fraction of sp³-hybridized carbons (Fsp3) is 0.714. The van der Waals surface area contributed by atoms with Crippen molar-refractivity contribution in [3.63, 3.8) is 0 Å². The molecule has 0 saturated heterocycles. The van der Waals surface area contributed by atoms with Gasteiger partial charge in [0.1, 0.15) is 6.33 Å². The van der Waals surface area contributed by atoms with Gasteiger partial charge >= 0.3 is 0 Å². The molecule has 1 saturated carbocycles. The van der Waals surface area contributed by atoms with Crippen LogP contribution in [-0.2, 0) is 4.74 Å². The highest BCUT2D eigenvalue weighted by molar-refractivity contribution is 5.16. The van der Waals surface area contributed by atoms with Crippen LogP contribution in [0.3, 0.4) is 0 Å². The molecule has 1 fully saturated rings. The van der Waals surface area contributed by atoms with Crippen molar-refractivity contribution in [2.24, 2.45) is 5.92 Å². The van der Waals surface area contributed by atoms with Crippen LogP contribution in [-0.4, -0.2) is 29.7 Å². The molecule has 1 atom stereocenters. The van der Waals surface area contributed by atoms with E-state index < -0.39 is 0 Å². The zero-order valence-electron chi connectivity index (χ0n) is 11.5. The summed E-state index contributed by atoms with van der Waals surface area (Å²) in [5.41, 5.74) is 0.989. The van der Waals surface area contributed by atoms with Gasteiger partial charge in [0.2, 0.25) is 0 Å². The van der Waals surface area contributed by atoms with Crippen LogP contribution in [0.15, 0.2) is 18.7 Å². The van der Waals surface area contributed by atoms with Gasteiger partial charge in [-0.1, -0.05) is 6.92 Å². The van der Waals surface area contributed by atoms with Crippen LogP contribution < -0.4 is 5.32 Å². The molecule has 1 N–H and O–H groups in total. The highest BCUT2D eigenvalue weighted by Crippen LogP contribution is 2.42. The highest BCUT2D eigenvalue weighted by Gasteiger charge is 2.41. The molecule has 1 unspecified atom stereocenters. The summed E-state index contributed by atoms with van der Waals surface area (Å²) >= 11 is 0. The maximum atomic E-state index is 5.92. The summed E-state index contributed by atoms with van der Waals surface area (Å²) in [5, 5.41) is 3.39. The van der Waals surface area contributed by atoms with Crippen molar-refractivity contribution >= 4 is 0 Å². The average molecular weight is 249 g/mol. The minimum atomic E-state index is -0.119. The fourth-order valence-electron chi connectivity index (χ4n) is 3.05. The lowest BCUT2D eigenvalue weighted by molar-refractivity contribution is -0.0746. The van der Waals surface area contributed by atoms with E-state index in [-0.39, 0.29) is 11.6 Å². The van der Waals surface area contributed by atoms with Crippen LogP contribution in [0.2, 0.25) is 0 Å². The molecule has 2 rings (SSSR count). The van der Waals surface area contributed by atoms with E-state index in [2.05, 4.69) is 22.2 Å². The first-order chi connectivity index (χ1) is 8.72. The van der Waals surface area contributed by atoms with Gasteiger partial charge in [0, 0.05) is 25.1 Å². The minimum absolute atomic E-state index is 0.119. The molecular weight excluding hydrogens is 226 g/mol. The second-order valence-electron chi connectivity index (χ2n) is 5.34. The standard InChI is InChI=1S/C14H23N3O/c1-11-4-6-14(18-3,7-5-11)13(15-2)12-8-16-10-17-9-12/h8-11,13,15H,4-7H2,1-3H3. The van der Waals surface area contributed by atoms with Crippen LogP contribution in [0.4, 0.5) is 0 Å². The van der Waals surface area contributed by atoms with E-state index >= 15 is 0 Å². The van der Waals surface area contributed by atoms with E-state index in [4.69, 9.17) is 4.74 Å². The van der Waals surface area contributed by atoms with Gasteiger partial charge in [0.15, 0.2) is 0 Å². The van der Waals surface area contributed by atoms with Crippen LogP contribution >= 0.6 is 0 Å². The van der Waals surface area contributed by atoms with Crippen molar-refractivity contribution in [3.05, 3.63) is 24.3 Å². The Morgan fingerprint density at radius 3 is 2.44 bits per heavy atom. The van der Waals surface area contributed by atoms with Gasteiger partial charge in [-0.25, -0.2) is 9.97 Å². The molecule has 0 spiro atoms. The molecule has 1 aliphatic carbocycles. The molecule has 0 amide bonds. The van der Waals surface area contributed by atoms with Gasteiger partial charge < -0.3 is 10.1 Å². The number of likely N-dealkylation sites (N-methyl/N-ethyl adjacent to an activating group) is 1. The Labute approximate surface area is 109 Å². The molecule has 1 aliphatic rings. The summed E-state index contributed by atoms with van der Waals surface area (Å²) in [5.74, 6) is 0.804. The molecule has 0 bridgehead atoms. The lowest BCUT2D eigenvalue weighted by Crippen LogP contribution is -2.47. The fourth-order valence-corrected chi connectivity index (χ4v) is 3.05. The first-order valence-electron chi connectivity index (χ1n) is 6.69. The van der Waals surface area contributed by atoms with Crippen molar-refractivity contribution in [1.29, 1.82) is 0 Å². The number of methoxy groups -OCH3 is 1. The van der Waals surface area contributed by atoms with E-state index in [0.29, 0.717) is 0 Å². The third-order valence-electron chi connectivity index (χ3n) is 4.26. The van der Waals surface area contributed by atoms with Crippen LogP contribution in [0.5, 0.6) is 0 Å². The zero-order chi connectivity index (χ0) is 13.0. The molecule has 100 valence electrons. The molecule has 0 radical (unpaired) electrons. The topological polar surface area (TPSA) is 47.0 Å². The van der Waals surface area contributed by atoms with Gasteiger partial charge in [-0.15, -0.1) is 0 Å². The van der Waals surface area contributed by atoms with Crippen molar-refractivity contribution in [2.75, 3.05) is 14.2 Å². The predicted octanol–water partition coefficient (Wildman–Crippen LogP) is 2.33. The Balaban J connectivity index is 2.24. The Bertz CT molecular complexity index is 361. The number of hydrogen-bond donors (Lipinski definition) is 1. The SMILES string of the molecule is CNC(c1cncnc1)C1(OC)CCC(C)CC1. The summed E-state index contributed by atoms with van der Waals surface area (Å²) in [6.07, 6.45) is 9.95. The molecule has 1 aromatic rings. The predicted molar refractivity (Wildman–Crippen MR) is 71.2 cm³/mol. The third-order valence-corrected chi connectivity index (χ3v) is 4.26. The summed E-state index contributed by atoms with van der Waals surface area (Å²) in [6, 6.07) is 0.163. The Morgan fingerprint density at radius 1 is 1.33 bits per heavy atom. The molecule has 0 aromatic carbocycles. The molecule has 1 heterocycles. The maximum Gasteiger partial charge on any atom is 0.115 e. The molecule has 0 aliphatic heterocycles. The highest BCUT2D eigenvalue weighted by atomic mass is 16.5. The normalized spacial score (nSPS) is 30.1. The third kappa shape index (κ3) is 2.54. The summed E-state index contributed by atoms with van der Waals surface area (Å²) in [6.45, 7) is 2.32. The van der Waals surface area contributed by atoms with Crippen molar-refractivity contribution < 1.29 is 4.74 Å². The van der Waals surface area contributed by atoms with E-state index in [0.717, 1.165) is 24.3 Å². The van der Waals surface area contributed by atoms with E-state index in [9.17, 15) is 0 Å². The first-order valence-corrected chi connectivity index (χ1v) is 6.69. The lowest BCUT2D eigenvalue weighted by Gasteiger charge is -2.44. The summed E-state index contributed by atoms with van der Waals surface area (Å²) in [4.78, 5) is 8.24. The average Bonchev–Trinajstić information content (AvgIpc) is 2.43. The monoisotopic (exact) mass is 249 g/mol. The number of rotatable bonds is 4. The summed E-state index contributed by atoms with van der Waals surface area (Å²) < 4.78 is 5.92. The Hall–Kier alpha value is -1.00. The summed E-state index contributed by atoms with van der Waals surface area (Å²) in [7, 11) is 3.81. The van der Waals surface area contributed by atoms with E-state index in [1.807, 2.05) is 26.6 Å². The van der Waals surface area contributed by atoms with Crippen LogP contribution in [0.1, 0.15) is 44.2 Å². The van der Waals surface area contributed by atoms with Gasteiger partial charge in [0.05, 0.1) is 11.6 Å². The molecular formula is C14H23N3O. The van der Waals surface area contributed by atoms with E-state index in [1.165, 1.54) is 12.8 Å². The number of nitrogens with zero attached hydrogens (tertiary/aromatic N) is 2. The zero-order valence-corrected chi connectivity index (χ0v) is 11.5. The van der Waals surface area contributed by atoms with Crippen molar-refractivity contribution in [2.45, 2.75) is 44.2 Å². The number of aromatic nitrogens is 2. The Kier molecular flexibility index (Phi) is 4.30. The van der Waals surface area contributed by atoms with Gasteiger partial charge in [-0.2, -0.15) is 0 Å². The number of nitrogens with one attached hydrogen (secondary N) is 1. The second-order valence-corrected chi connectivity index (χ2v) is 5.34. The van der Waals surface area contributed by atoms with Crippen LogP contribution in [0.25, 0.3) is 0 Å². The Morgan fingerprint density at radius 2 is 1.94 bits per heavy atom. The first kappa shape index (κ1) is 13.4. The van der Waals surface area contributed by atoms with Gasteiger partial charge in [-0.3, -0.25) is 0 Å².